The van der Waals surface area contributed by atoms with E-state index < -0.39 is 10.0 Å². The van der Waals surface area contributed by atoms with E-state index in [2.05, 4.69) is 0 Å². The summed E-state index contributed by atoms with van der Waals surface area (Å²) in [5.74, 6) is 1.12. The van der Waals surface area contributed by atoms with Gasteiger partial charge in [-0.3, -0.25) is 4.79 Å². The minimum Gasteiger partial charge on any atom is -0.490 e. The molecule has 2 aromatic rings. The number of carbonyl (C=O) groups excluding carboxylic acids is 1. The van der Waals surface area contributed by atoms with Gasteiger partial charge in [-0.15, -0.1) is 0 Å². The number of hydrogen-bond donors (Lipinski definition) is 0. The van der Waals surface area contributed by atoms with E-state index >= 15 is 0 Å². The minimum absolute atomic E-state index is 0.124. The fourth-order valence-corrected chi connectivity index (χ4v) is 6.02. The van der Waals surface area contributed by atoms with Gasteiger partial charge in [-0.25, -0.2) is 8.42 Å². The summed E-state index contributed by atoms with van der Waals surface area (Å²) in [6.45, 7) is 2.84. The first-order valence-electron chi connectivity index (χ1n) is 10.9. The van der Waals surface area contributed by atoms with E-state index in [1.807, 2.05) is 0 Å². The number of piperidine rings is 1. The molecule has 0 radical (unpaired) electrons. The monoisotopic (exact) mass is 442 g/mol. The lowest BCUT2D eigenvalue weighted by molar-refractivity contribution is 0.0989. The van der Waals surface area contributed by atoms with Crippen molar-refractivity contribution >= 4 is 21.6 Å². The van der Waals surface area contributed by atoms with E-state index in [4.69, 9.17) is 9.47 Å². The van der Waals surface area contributed by atoms with Crippen LogP contribution < -0.4 is 14.4 Å². The largest absolute Gasteiger partial charge is 0.490 e. The zero-order valence-corrected chi connectivity index (χ0v) is 18.2. The van der Waals surface area contributed by atoms with Gasteiger partial charge in [-0.2, -0.15) is 4.31 Å². The molecule has 7 nitrogen and oxygen atoms in total. The fourth-order valence-electron chi connectivity index (χ4n) is 4.46. The van der Waals surface area contributed by atoms with E-state index in [0.29, 0.717) is 61.2 Å². The third kappa shape index (κ3) is 3.78. The summed E-state index contributed by atoms with van der Waals surface area (Å²) >= 11 is 0. The molecule has 8 heteroatoms. The van der Waals surface area contributed by atoms with Crippen molar-refractivity contribution in [2.75, 3.05) is 37.7 Å². The predicted octanol–water partition coefficient (Wildman–Crippen LogP) is 3.23. The van der Waals surface area contributed by atoms with Gasteiger partial charge in [-0.05, 0) is 61.2 Å². The minimum atomic E-state index is -3.49. The molecule has 0 aliphatic carbocycles. The Labute approximate surface area is 182 Å². The van der Waals surface area contributed by atoms with Crippen molar-refractivity contribution in [3.63, 3.8) is 0 Å². The standard InChI is InChI=1S/C23H26N2O5S/c26-23(18-5-8-21-22(16-18)30-14-4-13-29-21)25-12-9-17-15-19(6-7-20(17)25)31(27,28)24-10-2-1-3-11-24/h5-8,15-16H,1-4,9-14H2. The average Bonchev–Trinajstić information content (AvgIpc) is 3.08. The molecule has 0 aromatic heterocycles. The molecule has 3 heterocycles. The molecular formula is C23H26N2O5S. The molecule has 2 aromatic carbocycles. The molecule has 5 rings (SSSR count). The fraction of sp³-hybridized carbons (Fsp3) is 0.435. The molecular weight excluding hydrogens is 416 g/mol. The maximum Gasteiger partial charge on any atom is 0.258 e. The van der Waals surface area contributed by atoms with Crippen LogP contribution in [-0.2, 0) is 16.4 Å². The highest BCUT2D eigenvalue weighted by molar-refractivity contribution is 7.89. The Morgan fingerprint density at radius 2 is 1.61 bits per heavy atom. The van der Waals surface area contributed by atoms with Gasteiger partial charge in [0.1, 0.15) is 0 Å². The number of nitrogens with zero attached hydrogens (tertiary/aromatic N) is 2. The zero-order valence-electron chi connectivity index (χ0n) is 17.4. The second-order valence-electron chi connectivity index (χ2n) is 8.17. The summed E-state index contributed by atoms with van der Waals surface area (Å²) in [6.07, 6.45) is 4.33. The second-order valence-corrected chi connectivity index (χ2v) is 10.1. The van der Waals surface area contributed by atoms with Crippen molar-refractivity contribution in [1.82, 2.24) is 4.31 Å². The summed E-state index contributed by atoms with van der Waals surface area (Å²) < 4.78 is 39.0. The Morgan fingerprint density at radius 3 is 2.42 bits per heavy atom. The SMILES string of the molecule is O=C(c1ccc2c(c1)OCCCO2)N1CCc2cc(S(=O)(=O)N3CCCCC3)ccc21. The summed E-state index contributed by atoms with van der Waals surface area (Å²) in [5.41, 5.74) is 2.19. The van der Waals surface area contributed by atoms with E-state index in [9.17, 15) is 13.2 Å². The van der Waals surface area contributed by atoms with Gasteiger partial charge in [-0.1, -0.05) is 6.42 Å². The molecule has 0 N–H and O–H groups in total. The number of fused-ring (bicyclic) bond motifs is 2. The first-order chi connectivity index (χ1) is 15.0. The lowest BCUT2D eigenvalue weighted by atomic mass is 10.1. The highest BCUT2D eigenvalue weighted by Gasteiger charge is 2.30. The molecule has 0 bridgehead atoms. The molecule has 1 amide bonds. The quantitative estimate of drug-likeness (QED) is 0.730. The van der Waals surface area contributed by atoms with Gasteiger partial charge in [0.2, 0.25) is 10.0 Å². The normalized spacial score (nSPS) is 19.0. The van der Waals surface area contributed by atoms with Crippen LogP contribution in [0.4, 0.5) is 5.69 Å². The molecule has 31 heavy (non-hydrogen) atoms. The average molecular weight is 443 g/mol. The van der Waals surface area contributed by atoms with Crippen LogP contribution in [0.25, 0.3) is 0 Å². The van der Waals surface area contributed by atoms with Crippen LogP contribution in [-0.4, -0.2) is 51.5 Å². The van der Waals surface area contributed by atoms with Crippen LogP contribution in [0.2, 0.25) is 0 Å². The highest BCUT2D eigenvalue weighted by Crippen LogP contribution is 2.35. The van der Waals surface area contributed by atoms with E-state index in [0.717, 1.165) is 36.9 Å². The van der Waals surface area contributed by atoms with Crippen LogP contribution in [0.5, 0.6) is 11.5 Å². The Balaban J connectivity index is 1.40. The number of ether oxygens (including phenoxy) is 2. The summed E-state index contributed by atoms with van der Waals surface area (Å²) in [7, 11) is -3.49. The van der Waals surface area contributed by atoms with Crippen molar-refractivity contribution < 1.29 is 22.7 Å². The zero-order chi connectivity index (χ0) is 21.4. The van der Waals surface area contributed by atoms with Crippen LogP contribution in [0.1, 0.15) is 41.6 Å². The van der Waals surface area contributed by atoms with Gasteiger partial charge in [0.05, 0.1) is 18.1 Å². The number of anilines is 1. The first-order valence-corrected chi connectivity index (χ1v) is 12.3. The van der Waals surface area contributed by atoms with E-state index in [1.54, 1.807) is 45.6 Å². The second kappa shape index (κ2) is 8.16. The summed E-state index contributed by atoms with van der Waals surface area (Å²) in [5, 5.41) is 0. The van der Waals surface area contributed by atoms with Crippen molar-refractivity contribution in [3.8, 4) is 11.5 Å². The summed E-state index contributed by atoms with van der Waals surface area (Å²) in [4.78, 5) is 15.2. The van der Waals surface area contributed by atoms with Crippen molar-refractivity contribution in [3.05, 3.63) is 47.5 Å². The maximum atomic E-state index is 13.2. The van der Waals surface area contributed by atoms with Crippen LogP contribution in [0.15, 0.2) is 41.3 Å². The molecule has 0 saturated carbocycles. The Bertz CT molecular complexity index is 1110. The number of rotatable bonds is 3. The van der Waals surface area contributed by atoms with Crippen molar-refractivity contribution in [1.29, 1.82) is 0 Å². The van der Waals surface area contributed by atoms with Gasteiger partial charge in [0, 0.05) is 37.3 Å². The lowest BCUT2D eigenvalue weighted by Crippen LogP contribution is -2.35. The Morgan fingerprint density at radius 1 is 0.839 bits per heavy atom. The van der Waals surface area contributed by atoms with Crippen molar-refractivity contribution in [2.24, 2.45) is 0 Å². The van der Waals surface area contributed by atoms with Crippen molar-refractivity contribution in [2.45, 2.75) is 37.0 Å². The smallest absolute Gasteiger partial charge is 0.258 e. The van der Waals surface area contributed by atoms with E-state index in [1.165, 1.54) is 0 Å². The van der Waals surface area contributed by atoms with Gasteiger partial charge in [0.25, 0.3) is 5.91 Å². The molecule has 3 aliphatic rings. The highest BCUT2D eigenvalue weighted by atomic mass is 32.2. The topological polar surface area (TPSA) is 76.1 Å². The Hall–Kier alpha value is -2.58. The number of amides is 1. The molecule has 0 spiro atoms. The van der Waals surface area contributed by atoms with Crippen LogP contribution in [0, 0.1) is 0 Å². The van der Waals surface area contributed by atoms with Gasteiger partial charge in [0.15, 0.2) is 11.5 Å². The molecule has 1 fully saturated rings. The number of sulfonamides is 1. The third-order valence-corrected chi connectivity index (χ3v) is 8.03. The number of carbonyl (C=O) groups is 1. The molecule has 0 atom stereocenters. The van der Waals surface area contributed by atoms with Crippen LogP contribution in [0.3, 0.4) is 0 Å². The molecule has 1 saturated heterocycles. The van der Waals surface area contributed by atoms with Gasteiger partial charge >= 0.3 is 0 Å². The number of hydrogen-bond acceptors (Lipinski definition) is 5. The van der Waals surface area contributed by atoms with Crippen LogP contribution >= 0.6 is 0 Å². The summed E-state index contributed by atoms with van der Waals surface area (Å²) in [6, 6.07) is 10.4. The molecule has 164 valence electrons. The predicted molar refractivity (Wildman–Crippen MR) is 116 cm³/mol. The molecule has 0 unspecified atom stereocenters. The number of benzene rings is 2. The maximum absolute atomic E-state index is 13.2. The Kier molecular flexibility index (Phi) is 5.35. The third-order valence-electron chi connectivity index (χ3n) is 6.14. The van der Waals surface area contributed by atoms with E-state index in [-0.39, 0.29) is 5.91 Å². The molecule has 3 aliphatic heterocycles. The lowest BCUT2D eigenvalue weighted by Gasteiger charge is -2.26. The first kappa shape index (κ1) is 20.3. The van der Waals surface area contributed by atoms with Gasteiger partial charge < -0.3 is 14.4 Å².